The van der Waals surface area contributed by atoms with E-state index in [0.717, 1.165) is 0 Å². The number of hydrogen-bond donors (Lipinski definition) is 4. The lowest BCUT2D eigenvalue weighted by Gasteiger charge is -2.04. The van der Waals surface area contributed by atoms with Crippen molar-refractivity contribution in [1.82, 2.24) is 9.78 Å². The summed E-state index contributed by atoms with van der Waals surface area (Å²) < 4.78 is 1.34. The van der Waals surface area contributed by atoms with Crippen molar-refractivity contribution in [2.24, 2.45) is 0 Å². The summed E-state index contributed by atoms with van der Waals surface area (Å²) in [5, 5.41) is 21.9. The number of hydrogen-bond acceptors (Lipinski definition) is 5. The second-order valence-electron chi connectivity index (χ2n) is 3.75. The SMILES string of the molecule is Nc1nn(-c2ccc(O)cc2)c(N)c1CC(=O)O. The van der Waals surface area contributed by atoms with Crippen LogP contribution in [-0.4, -0.2) is 26.0 Å². The number of aliphatic carboxylic acids is 1. The number of carboxylic acid groups (broad SMARTS) is 1. The summed E-state index contributed by atoms with van der Waals surface area (Å²) in [6.07, 6.45) is -0.282. The lowest BCUT2D eigenvalue weighted by Crippen LogP contribution is -2.06. The van der Waals surface area contributed by atoms with Crippen molar-refractivity contribution in [3.63, 3.8) is 0 Å². The van der Waals surface area contributed by atoms with Crippen LogP contribution in [-0.2, 0) is 11.2 Å². The highest BCUT2D eigenvalue weighted by molar-refractivity contribution is 5.75. The smallest absolute Gasteiger partial charge is 0.308 e. The number of nitrogens with two attached hydrogens (primary N) is 2. The first-order valence-electron chi connectivity index (χ1n) is 5.13. The molecule has 7 heteroatoms. The lowest BCUT2D eigenvalue weighted by molar-refractivity contribution is -0.136. The fourth-order valence-electron chi connectivity index (χ4n) is 1.60. The van der Waals surface area contributed by atoms with Gasteiger partial charge in [-0.05, 0) is 24.3 Å². The van der Waals surface area contributed by atoms with Gasteiger partial charge in [-0.3, -0.25) is 4.79 Å². The summed E-state index contributed by atoms with van der Waals surface area (Å²) in [7, 11) is 0. The molecule has 0 aliphatic rings. The molecule has 0 saturated heterocycles. The zero-order valence-electron chi connectivity index (χ0n) is 9.37. The van der Waals surface area contributed by atoms with Crippen molar-refractivity contribution in [1.29, 1.82) is 0 Å². The first-order chi connectivity index (χ1) is 8.49. The molecule has 0 saturated carbocycles. The van der Waals surface area contributed by atoms with Crippen molar-refractivity contribution in [3.05, 3.63) is 29.8 Å². The number of nitrogen functional groups attached to an aromatic ring is 2. The molecule has 0 aliphatic heterocycles. The van der Waals surface area contributed by atoms with Crippen LogP contribution in [0.5, 0.6) is 5.75 Å². The Hall–Kier alpha value is -2.70. The van der Waals surface area contributed by atoms with Gasteiger partial charge in [0.2, 0.25) is 0 Å². The highest BCUT2D eigenvalue weighted by Crippen LogP contribution is 2.24. The maximum Gasteiger partial charge on any atom is 0.308 e. The highest BCUT2D eigenvalue weighted by atomic mass is 16.4. The molecule has 0 unspecified atom stereocenters. The van der Waals surface area contributed by atoms with E-state index >= 15 is 0 Å². The molecule has 2 rings (SSSR count). The van der Waals surface area contributed by atoms with Gasteiger partial charge >= 0.3 is 5.97 Å². The number of aromatic hydroxyl groups is 1. The van der Waals surface area contributed by atoms with Crippen molar-refractivity contribution in [3.8, 4) is 11.4 Å². The maximum absolute atomic E-state index is 10.7. The van der Waals surface area contributed by atoms with Gasteiger partial charge < -0.3 is 21.7 Å². The molecule has 18 heavy (non-hydrogen) atoms. The number of phenolic OH excluding ortho intramolecular Hbond substituents is 1. The van der Waals surface area contributed by atoms with Crippen LogP contribution >= 0.6 is 0 Å². The minimum atomic E-state index is -1.03. The standard InChI is InChI=1S/C11H12N4O3/c12-10-8(5-9(17)18)11(13)15(14-10)6-1-3-7(16)4-2-6/h1-4,16H,5,13H2,(H2,12,14)(H,17,18). The van der Waals surface area contributed by atoms with Crippen molar-refractivity contribution < 1.29 is 15.0 Å². The van der Waals surface area contributed by atoms with E-state index in [1.54, 1.807) is 12.1 Å². The van der Waals surface area contributed by atoms with Crippen LogP contribution in [0.15, 0.2) is 24.3 Å². The van der Waals surface area contributed by atoms with Crippen LogP contribution in [0.2, 0.25) is 0 Å². The second kappa shape index (κ2) is 4.28. The van der Waals surface area contributed by atoms with Gasteiger partial charge in [-0.1, -0.05) is 0 Å². The zero-order chi connectivity index (χ0) is 13.3. The maximum atomic E-state index is 10.7. The molecule has 6 N–H and O–H groups in total. The average Bonchev–Trinajstić information content (AvgIpc) is 2.58. The summed E-state index contributed by atoms with van der Waals surface area (Å²) in [6, 6.07) is 6.15. The van der Waals surface area contributed by atoms with E-state index in [2.05, 4.69) is 5.10 Å². The number of benzene rings is 1. The minimum absolute atomic E-state index is 0.0861. The predicted molar refractivity (Wildman–Crippen MR) is 65.4 cm³/mol. The summed E-state index contributed by atoms with van der Waals surface area (Å²) in [4.78, 5) is 10.7. The van der Waals surface area contributed by atoms with Crippen molar-refractivity contribution in [2.75, 3.05) is 11.5 Å². The van der Waals surface area contributed by atoms with Crippen molar-refractivity contribution >= 4 is 17.6 Å². The molecule has 7 nitrogen and oxygen atoms in total. The van der Waals surface area contributed by atoms with Gasteiger partial charge in [-0.15, -0.1) is 5.10 Å². The third-order valence-corrected chi connectivity index (χ3v) is 2.48. The normalized spacial score (nSPS) is 10.4. The molecule has 1 aromatic carbocycles. The van der Waals surface area contributed by atoms with E-state index < -0.39 is 5.97 Å². The van der Waals surface area contributed by atoms with Crippen molar-refractivity contribution in [2.45, 2.75) is 6.42 Å². The Morgan fingerprint density at radius 2 is 1.89 bits per heavy atom. The molecule has 0 amide bonds. The van der Waals surface area contributed by atoms with E-state index in [1.165, 1.54) is 16.8 Å². The molecular formula is C11H12N4O3. The number of phenols is 1. The van der Waals surface area contributed by atoms with Gasteiger partial charge in [0.15, 0.2) is 5.82 Å². The van der Waals surface area contributed by atoms with Crippen LogP contribution in [0.1, 0.15) is 5.56 Å². The van der Waals surface area contributed by atoms with Gasteiger partial charge in [-0.2, -0.15) is 0 Å². The van der Waals surface area contributed by atoms with Crippen LogP contribution in [0.4, 0.5) is 11.6 Å². The molecule has 0 spiro atoms. The van der Waals surface area contributed by atoms with Gasteiger partial charge in [0.1, 0.15) is 11.6 Å². The van der Waals surface area contributed by atoms with Gasteiger partial charge in [0.25, 0.3) is 0 Å². The third-order valence-electron chi connectivity index (χ3n) is 2.48. The Bertz CT molecular complexity index is 589. The summed E-state index contributed by atoms with van der Waals surface area (Å²) in [6.45, 7) is 0. The largest absolute Gasteiger partial charge is 0.508 e. The third kappa shape index (κ3) is 2.05. The molecule has 94 valence electrons. The Kier molecular flexibility index (Phi) is 2.80. The molecular weight excluding hydrogens is 236 g/mol. The predicted octanol–water partition coefficient (Wildman–Crippen LogP) is 0.369. The minimum Gasteiger partial charge on any atom is -0.508 e. The Morgan fingerprint density at radius 1 is 1.28 bits per heavy atom. The number of anilines is 2. The quantitative estimate of drug-likeness (QED) is 0.621. The summed E-state index contributed by atoms with van der Waals surface area (Å²) >= 11 is 0. The first kappa shape index (κ1) is 11.8. The van der Waals surface area contributed by atoms with E-state index in [-0.39, 0.29) is 29.4 Å². The average molecular weight is 248 g/mol. The monoisotopic (exact) mass is 248 g/mol. The van der Waals surface area contributed by atoms with Crippen LogP contribution in [0.25, 0.3) is 5.69 Å². The fraction of sp³-hybridized carbons (Fsp3) is 0.0909. The van der Waals surface area contributed by atoms with E-state index in [1.807, 2.05) is 0 Å². The Balaban J connectivity index is 2.46. The Labute approximate surface area is 102 Å². The molecule has 0 atom stereocenters. The highest BCUT2D eigenvalue weighted by Gasteiger charge is 2.16. The molecule has 0 aliphatic carbocycles. The zero-order valence-corrected chi connectivity index (χ0v) is 9.37. The molecule has 0 fully saturated rings. The lowest BCUT2D eigenvalue weighted by atomic mass is 10.2. The first-order valence-corrected chi connectivity index (χ1v) is 5.13. The van der Waals surface area contributed by atoms with E-state index in [0.29, 0.717) is 5.69 Å². The Morgan fingerprint density at radius 3 is 2.44 bits per heavy atom. The van der Waals surface area contributed by atoms with Crippen LogP contribution < -0.4 is 11.5 Å². The molecule has 0 bridgehead atoms. The summed E-state index contributed by atoms with van der Waals surface area (Å²) in [5.41, 5.74) is 12.3. The number of carbonyl (C=O) groups is 1. The number of aromatic nitrogens is 2. The van der Waals surface area contributed by atoms with Gasteiger partial charge in [0, 0.05) is 5.56 Å². The number of carboxylic acids is 1. The number of rotatable bonds is 3. The van der Waals surface area contributed by atoms with Crippen LogP contribution in [0, 0.1) is 0 Å². The molecule has 1 heterocycles. The fourth-order valence-corrected chi connectivity index (χ4v) is 1.60. The second-order valence-corrected chi connectivity index (χ2v) is 3.75. The topological polar surface area (TPSA) is 127 Å². The van der Waals surface area contributed by atoms with Gasteiger partial charge in [-0.25, -0.2) is 4.68 Å². The van der Waals surface area contributed by atoms with E-state index in [4.69, 9.17) is 16.6 Å². The molecule has 0 radical (unpaired) electrons. The molecule has 1 aromatic heterocycles. The number of nitrogens with zero attached hydrogens (tertiary/aromatic N) is 2. The van der Waals surface area contributed by atoms with Gasteiger partial charge in [0.05, 0.1) is 12.1 Å². The summed E-state index contributed by atoms with van der Waals surface area (Å²) in [5.74, 6) is -0.648. The van der Waals surface area contributed by atoms with E-state index in [9.17, 15) is 9.90 Å². The van der Waals surface area contributed by atoms with Crippen LogP contribution in [0.3, 0.4) is 0 Å². The molecule has 2 aromatic rings.